The van der Waals surface area contributed by atoms with E-state index in [1.54, 1.807) is 11.8 Å². The Morgan fingerprint density at radius 1 is 1.15 bits per heavy atom. The molecule has 0 radical (unpaired) electrons. The Hall–Kier alpha value is -3.13. The van der Waals surface area contributed by atoms with Crippen LogP contribution in [0.5, 0.6) is 0 Å². The third kappa shape index (κ3) is 3.31. The Bertz CT molecular complexity index is 1100. The number of benzene rings is 2. The lowest BCUT2D eigenvalue weighted by molar-refractivity contribution is 0.0989. The van der Waals surface area contributed by atoms with Gasteiger partial charge in [0.25, 0.3) is 15.9 Å². The van der Waals surface area contributed by atoms with E-state index >= 15 is 0 Å². The average molecular weight is 383 g/mol. The number of anilines is 2. The molecule has 0 atom stereocenters. The van der Waals surface area contributed by atoms with Gasteiger partial charge in [0.2, 0.25) is 0 Å². The SMILES string of the molecule is Cc1cc(NS(=O)(=O)c2ccc(C(=O)N3CCc4ccccc43)cc2)no1. The van der Waals surface area contributed by atoms with E-state index in [0.717, 1.165) is 17.7 Å². The van der Waals surface area contributed by atoms with Gasteiger partial charge in [-0.2, -0.15) is 0 Å². The Morgan fingerprint density at radius 2 is 1.89 bits per heavy atom. The molecule has 4 rings (SSSR count). The summed E-state index contributed by atoms with van der Waals surface area (Å²) in [5.74, 6) is 0.463. The molecular formula is C19H17N3O4S. The zero-order chi connectivity index (χ0) is 19.0. The van der Waals surface area contributed by atoms with Gasteiger partial charge in [0, 0.05) is 23.9 Å². The molecule has 1 aliphatic heterocycles. The summed E-state index contributed by atoms with van der Waals surface area (Å²) < 4.78 is 32.0. The summed E-state index contributed by atoms with van der Waals surface area (Å²) in [6, 6.07) is 15.1. The van der Waals surface area contributed by atoms with Crippen LogP contribution >= 0.6 is 0 Å². The summed E-state index contributed by atoms with van der Waals surface area (Å²) >= 11 is 0. The number of amides is 1. The van der Waals surface area contributed by atoms with Gasteiger partial charge in [-0.25, -0.2) is 8.42 Å². The van der Waals surface area contributed by atoms with E-state index in [1.165, 1.54) is 30.3 Å². The molecule has 2 heterocycles. The lowest BCUT2D eigenvalue weighted by Crippen LogP contribution is -2.28. The molecule has 1 amide bonds. The lowest BCUT2D eigenvalue weighted by Gasteiger charge is -2.17. The van der Waals surface area contributed by atoms with E-state index in [9.17, 15) is 13.2 Å². The molecule has 0 bridgehead atoms. The number of hydrogen-bond acceptors (Lipinski definition) is 5. The van der Waals surface area contributed by atoms with Crippen molar-refractivity contribution in [3.63, 3.8) is 0 Å². The topological polar surface area (TPSA) is 92.5 Å². The molecule has 27 heavy (non-hydrogen) atoms. The van der Waals surface area contributed by atoms with Crippen molar-refractivity contribution in [3.8, 4) is 0 Å². The number of aromatic nitrogens is 1. The van der Waals surface area contributed by atoms with Crippen molar-refractivity contribution >= 4 is 27.4 Å². The highest BCUT2D eigenvalue weighted by Crippen LogP contribution is 2.29. The second-order valence-corrected chi connectivity index (χ2v) is 7.97. The summed E-state index contributed by atoms with van der Waals surface area (Å²) in [6.07, 6.45) is 0.815. The number of sulfonamides is 1. The van der Waals surface area contributed by atoms with Crippen LogP contribution < -0.4 is 9.62 Å². The predicted octanol–water partition coefficient (Wildman–Crippen LogP) is 2.99. The molecule has 0 saturated heterocycles. The lowest BCUT2D eigenvalue weighted by atomic mass is 10.1. The Balaban J connectivity index is 1.55. The molecule has 0 saturated carbocycles. The van der Waals surface area contributed by atoms with E-state index in [1.807, 2.05) is 24.3 Å². The number of carbonyl (C=O) groups excluding carboxylic acids is 1. The molecule has 8 heteroatoms. The summed E-state index contributed by atoms with van der Waals surface area (Å²) in [7, 11) is -3.81. The average Bonchev–Trinajstić information content (AvgIpc) is 3.27. The van der Waals surface area contributed by atoms with Crippen molar-refractivity contribution in [1.82, 2.24) is 5.16 Å². The van der Waals surface area contributed by atoms with Crippen LogP contribution in [0, 0.1) is 6.92 Å². The maximum atomic E-state index is 12.8. The van der Waals surface area contributed by atoms with Crippen LogP contribution in [0.2, 0.25) is 0 Å². The van der Waals surface area contributed by atoms with Crippen molar-refractivity contribution in [2.75, 3.05) is 16.2 Å². The molecule has 2 aromatic carbocycles. The highest BCUT2D eigenvalue weighted by Gasteiger charge is 2.25. The van der Waals surface area contributed by atoms with Crippen molar-refractivity contribution < 1.29 is 17.7 Å². The Kier molecular flexibility index (Phi) is 4.19. The van der Waals surface area contributed by atoms with Crippen molar-refractivity contribution in [2.45, 2.75) is 18.2 Å². The molecule has 7 nitrogen and oxygen atoms in total. The van der Waals surface area contributed by atoms with Crippen LogP contribution in [0.1, 0.15) is 21.7 Å². The van der Waals surface area contributed by atoms with Crippen LogP contribution in [0.15, 0.2) is 64.0 Å². The predicted molar refractivity (Wildman–Crippen MR) is 100 cm³/mol. The maximum Gasteiger partial charge on any atom is 0.263 e. The molecule has 1 aromatic heterocycles. The van der Waals surface area contributed by atoms with Crippen LogP contribution in [-0.2, 0) is 16.4 Å². The van der Waals surface area contributed by atoms with E-state index in [0.29, 0.717) is 17.9 Å². The summed E-state index contributed by atoms with van der Waals surface area (Å²) in [5.41, 5.74) is 2.47. The number of carbonyl (C=O) groups is 1. The van der Waals surface area contributed by atoms with Crippen LogP contribution in [0.3, 0.4) is 0 Å². The quantitative estimate of drug-likeness (QED) is 0.748. The first-order valence-corrected chi connectivity index (χ1v) is 9.88. The minimum Gasteiger partial charge on any atom is -0.360 e. The van der Waals surface area contributed by atoms with Crippen LogP contribution in [0.25, 0.3) is 0 Å². The zero-order valence-electron chi connectivity index (χ0n) is 14.5. The number of nitrogens with zero attached hydrogens (tertiary/aromatic N) is 2. The Labute approximate surface area is 156 Å². The number of aryl methyl sites for hydroxylation is 1. The molecule has 0 unspecified atom stereocenters. The fourth-order valence-corrected chi connectivity index (χ4v) is 4.08. The number of para-hydroxylation sites is 1. The molecule has 0 aliphatic carbocycles. The second kappa shape index (κ2) is 6.55. The monoisotopic (exact) mass is 383 g/mol. The molecule has 1 aliphatic rings. The van der Waals surface area contributed by atoms with E-state index in [2.05, 4.69) is 9.88 Å². The Morgan fingerprint density at radius 3 is 2.59 bits per heavy atom. The third-order valence-corrected chi connectivity index (χ3v) is 5.78. The fraction of sp³-hybridized carbons (Fsp3) is 0.158. The minimum absolute atomic E-state index is 0.0431. The third-order valence-electron chi connectivity index (χ3n) is 4.41. The smallest absolute Gasteiger partial charge is 0.263 e. The summed E-state index contributed by atoms with van der Waals surface area (Å²) in [4.78, 5) is 14.6. The number of nitrogens with one attached hydrogen (secondary N) is 1. The van der Waals surface area contributed by atoms with Gasteiger partial charge in [-0.15, -0.1) is 0 Å². The molecule has 1 N–H and O–H groups in total. The highest BCUT2D eigenvalue weighted by molar-refractivity contribution is 7.92. The summed E-state index contributed by atoms with van der Waals surface area (Å²) in [6.45, 7) is 2.28. The first kappa shape index (κ1) is 17.3. The van der Waals surface area contributed by atoms with Gasteiger partial charge in [0.1, 0.15) is 5.76 Å². The number of fused-ring (bicyclic) bond motifs is 1. The molecule has 0 fully saturated rings. The van der Waals surface area contributed by atoms with Gasteiger partial charge in [0.15, 0.2) is 5.82 Å². The van der Waals surface area contributed by atoms with Crippen LogP contribution in [-0.4, -0.2) is 26.0 Å². The van der Waals surface area contributed by atoms with Crippen molar-refractivity contribution in [2.24, 2.45) is 0 Å². The van der Waals surface area contributed by atoms with Gasteiger partial charge in [0.05, 0.1) is 4.90 Å². The molecule has 0 spiro atoms. The van der Waals surface area contributed by atoms with E-state index in [4.69, 9.17) is 4.52 Å². The fourth-order valence-electron chi connectivity index (χ4n) is 3.09. The maximum absolute atomic E-state index is 12.8. The van der Waals surface area contributed by atoms with Gasteiger partial charge in [-0.1, -0.05) is 23.4 Å². The largest absolute Gasteiger partial charge is 0.360 e. The van der Waals surface area contributed by atoms with E-state index in [-0.39, 0.29) is 16.6 Å². The van der Waals surface area contributed by atoms with E-state index < -0.39 is 10.0 Å². The normalized spacial score (nSPS) is 13.4. The van der Waals surface area contributed by atoms with Gasteiger partial charge in [-0.05, 0) is 49.2 Å². The molecular weight excluding hydrogens is 366 g/mol. The van der Waals surface area contributed by atoms with Crippen molar-refractivity contribution in [1.29, 1.82) is 0 Å². The summed E-state index contributed by atoms with van der Waals surface area (Å²) in [5, 5.41) is 3.62. The standard InChI is InChI=1S/C19H17N3O4S/c1-13-12-18(20-26-13)21-27(24,25)16-8-6-15(7-9-16)19(23)22-11-10-14-4-2-3-5-17(14)22/h2-9,12H,10-11H2,1H3,(H,20,21). The highest BCUT2D eigenvalue weighted by atomic mass is 32.2. The van der Waals surface area contributed by atoms with Gasteiger partial charge in [-0.3, -0.25) is 9.52 Å². The van der Waals surface area contributed by atoms with Gasteiger partial charge >= 0.3 is 0 Å². The van der Waals surface area contributed by atoms with Gasteiger partial charge < -0.3 is 9.42 Å². The second-order valence-electron chi connectivity index (χ2n) is 6.29. The zero-order valence-corrected chi connectivity index (χ0v) is 15.4. The first-order chi connectivity index (χ1) is 12.9. The molecule has 138 valence electrons. The molecule has 3 aromatic rings. The van der Waals surface area contributed by atoms with Crippen LogP contribution in [0.4, 0.5) is 11.5 Å². The number of rotatable bonds is 4. The minimum atomic E-state index is -3.81. The first-order valence-electron chi connectivity index (χ1n) is 8.40. The van der Waals surface area contributed by atoms with Crippen molar-refractivity contribution in [3.05, 3.63) is 71.5 Å². The number of hydrogen-bond donors (Lipinski definition) is 1.